The summed E-state index contributed by atoms with van der Waals surface area (Å²) in [7, 11) is 0. The van der Waals surface area contributed by atoms with Gasteiger partial charge in [0.25, 0.3) is 0 Å². The highest BCUT2D eigenvalue weighted by molar-refractivity contribution is 6.30. The molecule has 0 aliphatic heterocycles. The van der Waals surface area contributed by atoms with Crippen molar-refractivity contribution in [2.75, 3.05) is 0 Å². The van der Waals surface area contributed by atoms with Crippen molar-refractivity contribution in [2.24, 2.45) is 0 Å². The second-order valence-corrected chi connectivity index (χ2v) is 5.36. The van der Waals surface area contributed by atoms with E-state index < -0.39 is 18.0 Å². The molecule has 1 aromatic carbocycles. The van der Waals surface area contributed by atoms with E-state index in [-0.39, 0.29) is 6.04 Å². The molecule has 0 radical (unpaired) electrons. The van der Waals surface area contributed by atoms with Crippen LogP contribution >= 0.6 is 11.6 Å². The van der Waals surface area contributed by atoms with Crippen LogP contribution in [0.4, 0.5) is 4.79 Å². The van der Waals surface area contributed by atoms with E-state index in [1.807, 2.05) is 19.9 Å². The average Bonchev–Trinajstić information content (AvgIpc) is 2.43. The van der Waals surface area contributed by atoms with Gasteiger partial charge in [-0.1, -0.05) is 43.5 Å². The summed E-state index contributed by atoms with van der Waals surface area (Å²) in [6.07, 6.45) is 2.05. The van der Waals surface area contributed by atoms with Crippen LogP contribution in [0.1, 0.15) is 44.7 Å². The lowest BCUT2D eigenvalue weighted by Crippen LogP contribution is -2.46. The predicted molar refractivity (Wildman–Crippen MR) is 82.5 cm³/mol. The first-order valence-corrected chi connectivity index (χ1v) is 7.37. The first-order chi connectivity index (χ1) is 9.93. The number of unbranched alkanes of at least 4 members (excludes halogenated alkanes) is 1. The summed E-state index contributed by atoms with van der Waals surface area (Å²) < 4.78 is 0. The van der Waals surface area contributed by atoms with Gasteiger partial charge in [-0.15, -0.1) is 0 Å². The molecular weight excluding hydrogens is 292 g/mol. The van der Waals surface area contributed by atoms with Crippen molar-refractivity contribution in [2.45, 2.75) is 45.2 Å². The number of halogens is 1. The zero-order valence-corrected chi connectivity index (χ0v) is 13.0. The van der Waals surface area contributed by atoms with E-state index in [4.69, 9.17) is 16.7 Å². The number of carboxylic acid groups (broad SMARTS) is 1. The van der Waals surface area contributed by atoms with E-state index in [0.29, 0.717) is 11.4 Å². The molecule has 0 spiro atoms. The summed E-state index contributed by atoms with van der Waals surface area (Å²) in [5, 5.41) is 14.9. The maximum Gasteiger partial charge on any atom is 0.326 e. The number of aliphatic carboxylic acids is 1. The van der Waals surface area contributed by atoms with Crippen LogP contribution in [0.2, 0.25) is 5.02 Å². The van der Waals surface area contributed by atoms with Gasteiger partial charge < -0.3 is 15.7 Å². The van der Waals surface area contributed by atoms with Crippen LogP contribution in [0.5, 0.6) is 0 Å². The molecule has 1 aromatic rings. The summed E-state index contributed by atoms with van der Waals surface area (Å²) in [5.41, 5.74) is 0.859. The molecule has 0 heterocycles. The number of hydrogen-bond acceptors (Lipinski definition) is 2. The van der Waals surface area contributed by atoms with Crippen molar-refractivity contribution in [1.82, 2.24) is 10.6 Å². The lowest BCUT2D eigenvalue weighted by atomic mass is 10.1. The molecule has 0 saturated carbocycles. The maximum absolute atomic E-state index is 11.9. The van der Waals surface area contributed by atoms with Gasteiger partial charge in [-0.3, -0.25) is 0 Å². The highest BCUT2D eigenvalue weighted by Gasteiger charge is 2.20. The minimum atomic E-state index is -1.02. The van der Waals surface area contributed by atoms with Gasteiger partial charge in [0, 0.05) is 5.02 Å². The zero-order valence-electron chi connectivity index (χ0n) is 12.2. The first kappa shape index (κ1) is 17.3. The van der Waals surface area contributed by atoms with Gasteiger partial charge in [0.1, 0.15) is 6.04 Å². The SMILES string of the molecule is CCCCC(NC(=O)NC(C)c1cccc(Cl)c1)C(=O)O. The predicted octanol–water partition coefficient (Wildman–Crippen LogP) is 3.34. The molecule has 0 fully saturated rings. The second kappa shape index (κ2) is 8.52. The van der Waals surface area contributed by atoms with Crippen LogP contribution in [0.15, 0.2) is 24.3 Å². The number of amides is 2. The summed E-state index contributed by atoms with van der Waals surface area (Å²) in [5.74, 6) is -1.02. The van der Waals surface area contributed by atoms with Crippen molar-refractivity contribution in [1.29, 1.82) is 0 Å². The molecule has 1 rings (SSSR count). The molecule has 5 nitrogen and oxygen atoms in total. The van der Waals surface area contributed by atoms with Gasteiger partial charge >= 0.3 is 12.0 Å². The number of carbonyl (C=O) groups is 2. The van der Waals surface area contributed by atoms with Crippen molar-refractivity contribution in [3.63, 3.8) is 0 Å². The maximum atomic E-state index is 11.9. The number of carboxylic acids is 1. The van der Waals surface area contributed by atoms with E-state index in [1.54, 1.807) is 18.2 Å². The number of urea groups is 1. The molecule has 3 N–H and O–H groups in total. The second-order valence-electron chi connectivity index (χ2n) is 4.93. The fraction of sp³-hybridized carbons (Fsp3) is 0.467. The lowest BCUT2D eigenvalue weighted by Gasteiger charge is -2.18. The van der Waals surface area contributed by atoms with Gasteiger partial charge in [-0.25, -0.2) is 9.59 Å². The summed E-state index contributed by atoms with van der Waals surface area (Å²) in [4.78, 5) is 23.0. The Labute approximate surface area is 129 Å². The lowest BCUT2D eigenvalue weighted by molar-refractivity contribution is -0.139. The summed E-state index contributed by atoms with van der Waals surface area (Å²) >= 11 is 5.90. The Morgan fingerprint density at radius 2 is 2.05 bits per heavy atom. The normalized spacial score (nSPS) is 13.3. The topological polar surface area (TPSA) is 78.4 Å². The number of rotatable bonds is 7. The van der Waals surface area contributed by atoms with E-state index in [9.17, 15) is 9.59 Å². The molecule has 2 atom stereocenters. The Kier molecular flexibility index (Phi) is 7.02. The van der Waals surface area contributed by atoms with Crippen LogP contribution in [0.3, 0.4) is 0 Å². The molecule has 21 heavy (non-hydrogen) atoms. The van der Waals surface area contributed by atoms with Gasteiger partial charge in [-0.05, 0) is 31.0 Å². The van der Waals surface area contributed by atoms with Crippen molar-refractivity contribution < 1.29 is 14.7 Å². The van der Waals surface area contributed by atoms with Crippen LogP contribution < -0.4 is 10.6 Å². The number of benzene rings is 1. The number of nitrogens with one attached hydrogen (secondary N) is 2. The Bertz CT molecular complexity index is 494. The highest BCUT2D eigenvalue weighted by Crippen LogP contribution is 2.17. The molecule has 116 valence electrons. The number of carbonyl (C=O) groups excluding carboxylic acids is 1. The molecule has 6 heteroatoms. The monoisotopic (exact) mass is 312 g/mol. The molecular formula is C15H21ClN2O3. The van der Waals surface area contributed by atoms with E-state index in [0.717, 1.165) is 18.4 Å². The molecule has 2 unspecified atom stereocenters. The Balaban J connectivity index is 2.57. The largest absolute Gasteiger partial charge is 0.480 e. The Morgan fingerprint density at radius 3 is 2.62 bits per heavy atom. The standard InChI is InChI=1S/C15H21ClN2O3/c1-3-4-8-13(14(19)20)18-15(21)17-10(2)11-6-5-7-12(16)9-11/h5-7,9-10,13H,3-4,8H2,1-2H3,(H,19,20)(H2,17,18,21). The third-order valence-corrected chi connectivity index (χ3v) is 3.38. The third-order valence-electron chi connectivity index (χ3n) is 3.15. The van der Waals surface area contributed by atoms with E-state index >= 15 is 0 Å². The third kappa shape index (κ3) is 6.04. The number of hydrogen-bond donors (Lipinski definition) is 3. The summed E-state index contributed by atoms with van der Waals surface area (Å²) in [6, 6.07) is 5.55. The fourth-order valence-corrected chi connectivity index (χ4v) is 2.12. The average molecular weight is 313 g/mol. The fourth-order valence-electron chi connectivity index (χ4n) is 1.92. The quantitative estimate of drug-likeness (QED) is 0.722. The molecule has 0 aliphatic rings. The minimum absolute atomic E-state index is 0.260. The molecule has 0 bridgehead atoms. The van der Waals surface area contributed by atoms with Crippen molar-refractivity contribution in [3.8, 4) is 0 Å². The zero-order chi connectivity index (χ0) is 15.8. The van der Waals surface area contributed by atoms with Crippen LogP contribution in [0, 0.1) is 0 Å². The Morgan fingerprint density at radius 1 is 1.33 bits per heavy atom. The molecule has 0 aromatic heterocycles. The van der Waals surface area contributed by atoms with E-state index in [1.165, 1.54) is 0 Å². The molecule has 0 saturated heterocycles. The first-order valence-electron chi connectivity index (χ1n) is 6.99. The van der Waals surface area contributed by atoms with Crippen LogP contribution in [0.25, 0.3) is 0 Å². The van der Waals surface area contributed by atoms with Crippen LogP contribution in [-0.2, 0) is 4.79 Å². The highest BCUT2D eigenvalue weighted by atomic mass is 35.5. The van der Waals surface area contributed by atoms with Crippen molar-refractivity contribution in [3.05, 3.63) is 34.9 Å². The summed E-state index contributed by atoms with van der Waals surface area (Å²) in [6.45, 7) is 3.78. The van der Waals surface area contributed by atoms with Gasteiger partial charge in [0.05, 0.1) is 6.04 Å². The van der Waals surface area contributed by atoms with Crippen molar-refractivity contribution >= 4 is 23.6 Å². The van der Waals surface area contributed by atoms with E-state index in [2.05, 4.69) is 10.6 Å². The minimum Gasteiger partial charge on any atom is -0.480 e. The Hall–Kier alpha value is -1.75. The van der Waals surface area contributed by atoms with Crippen LogP contribution in [-0.4, -0.2) is 23.1 Å². The molecule has 2 amide bonds. The molecule has 0 aliphatic carbocycles. The van der Waals surface area contributed by atoms with Gasteiger partial charge in [-0.2, -0.15) is 0 Å². The van der Waals surface area contributed by atoms with Gasteiger partial charge in [0.15, 0.2) is 0 Å². The van der Waals surface area contributed by atoms with Gasteiger partial charge in [0.2, 0.25) is 0 Å². The smallest absolute Gasteiger partial charge is 0.326 e.